The van der Waals surface area contributed by atoms with Crippen molar-refractivity contribution in [2.75, 3.05) is 39.4 Å². The molecule has 26 heavy (non-hydrogen) atoms. The number of aromatic nitrogens is 1. The van der Waals surface area contributed by atoms with Crippen molar-refractivity contribution in [3.05, 3.63) is 45.7 Å². The number of fused-ring (bicyclic) bond motifs is 1. The molecule has 3 heterocycles. The largest absolute Gasteiger partial charge is 0.389 e. The molecule has 0 saturated carbocycles. The van der Waals surface area contributed by atoms with Crippen molar-refractivity contribution < 1.29 is 9.84 Å². The Morgan fingerprint density at radius 2 is 2.08 bits per heavy atom. The standard InChI is InChI=1S/C20H27N3O3/c1-14-3-4-17-15(9-14)10-16(20(25)21-17)11-22-5-2-6-23(8-7-22)18-12-26-13-19(18)24/h3-4,9-10,18-19,24H,2,5-8,11-13H2,1H3,(H,21,25)/t18-,19-/m1/s1. The zero-order chi connectivity index (χ0) is 18.1. The first kappa shape index (κ1) is 17.7. The molecular weight excluding hydrogens is 330 g/mol. The predicted octanol–water partition coefficient (Wildman–Crippen LogP) is 1.10. The molecule has 140 valence electrons. The molecule has 0 aliphatic carbocycles. The van der Waals surface area contributed by atoms with E-state index in [0.717, 1.165) is 49.1 Å². The highest BCUT2D eigenvalue weighted by molar-refractivity contribution is 5.79. The van der Waals surface area contributed by atoms with Crippen molar-refractivity contribution in [3.8, 4) is 0 Å². The van der Waals surface area contributed by atoms with Gasteiger partial charge in [-0.3, -0.25) is 14.6 Å². The molecule has 2 atom stereocenters. The monoisotopic (exact) mass is 357 g/mol. The number of hydrogen-bond donors (Lipinski definition) is 2. The van der Waals surface area contributed by atoms with Gasteiger partial charge in [-0.05, 0) is 50.0 Å². The Morgan fingerprint density at radius 3 is 2.88 bits per heavy atom. The van der Waals surface area contributed by atoms with Crippen LogP contribution in [0.1, 0.15) is 17.5 Å². The Morgan fingerprint density at radius 1 is 1.19 bits per heavy atom. The van der Waals surface area contributed by atoms with Crippen LogP contribution < -0.4 is 5.56 Å². The molecule has 6 nitrogen and oxygen atoms in total. The number of nitrogens with one attached hydrogen (secondary N) is 1. The Balaban J connectivity index is 1.46. The molecule has 2 aromatic rings. The third kappa shape index (κ3) is 3.69. The van der Waals surface area contributed by atoms with Crippen molar-refractivity contribution in [3.63, 3.8) is 0 Å². The summed E-state index contributed by atoms with van der Waals surface area (Å²) in [7, 11) is 0. The van der Waals surface area contributed by atoms with Crippen LogP contribution in [-0.2, 0) is 11.3 Å². The minimum absolute atomic E-state index is 0.00192. The third-order valence-corrected chi connectivity index (χ3v) is 5.58. The molecule has 0 bridgehead atoms. The molecule has 2 aliphatic heterocycles. The predicted molar refractivity (Wildman–Crippen MR) is 101 cm³/mol. The number of rotatable bonds is 3. The van der Waals surface area contributed by atoms with E-state index < -0.39 is 0 Å². The summed E-state index contributed by atoms with van der Waals surface area (Å²) in [5, 5.41) is 11.2. The van der Waals surface area contributed by atoms with Crippen LogP contribution >= 0.6 is 0 Å². The first-order valence-electron chi connectivity index (χ1n) is 9.45. The lowest BCUT2D eigenvalue weighted by Crippen LogP contribution is -2.44. The maximum atomic E-state index is 12.5. The fourth-order valence-electron chi connectivity index (χ4n) is 4.09. The number of H-pyrrole nitrogens is 1. The molecule has 1 aromatic carbocycles. The Bertz CT molecular complexity index is 835. The molecule has 4 rings (SSSR count). The fraction of sp³-hybridized carbons (Fsp3) is 0.550. The van der Waals surface area contributed by atoms with Gasteiger partial charge in [-0.15, -0.1) is 0 Å². The van der Waals surface area contributed by atoms with Gasteiger partial charge < -0.3 is 14.8 Å². The molecule has 0 unspecified atom stereocenters. The first-order chi connectivity index (χ1) is 12.6. The fourth-order valence-corrected chi connectivity index (χ4v) is 4.09. The van der Waals surface area contributed by atoms with Crippen LogP contribution in [0.2, 0.25) is 0 Å². The van der Waals surface area contributed by atoms with Crippen LogP contribution in [0, 0.1) is 6.92 Å². The number of pyridine rings is 1. The van der Waals surface area contributed by atoms with Gasteiger partial charge in [0.05, 0.1) is 25.4 Å². The van der Waals surface area contributed by atoms with Gasteiger partial charge in [-0.1, -0.05) is 11.6 Å². The summed E-state index contributed by atoms with van der Waals surface area (Å²) in [6, 6.07) is 8.23. The van der Waals surface area contributed by atoms with Gasteiger partial charge in [-0.2, -0.15) is 0 Å². The summed E-state index contributed by atoms with van der Waals surface area (Å²) in [6.45, 7) is 7.51. The number of aliphatic hydroxyl groups is 1. The van der Waals surface area contributed by atoms with Gasteiger partial charge in [0.2, 0.25) is 0 Å². The molecule has 2 aliphatic rings. The second-order valence-electron chi connectivity index (χ2n) is 7.55. The lowest BCUT2D eigenvalue weighted by molar-refractivity contribution is 0.0837. The maximum Gasteiger partial charge on any atom is 0.252 e. The second-order valence-corrected chi connectivity index (χ2v) is 7.55. The maximum absolute atomic E-state index is 12.5. The molecule has 1 aromatic heterocycles. The number of aromatic amines is 1. The van der Waals surface area contributed by atoms with E-state index in [1.165, 1.54) is 5.56 Å². The highest BCUT2D eigenvalue weighted by atomic mass is 16.5. The lowest BCUT2D eigenvalue weighted by atomic mass is 10.1. The van der Waals surface area contributed by atoms with Gasteiger partial charge >= 0.3 is 0 Å². The topological polar surface area (TPSA) is 68.8 Å². The van der Waals surface area contributed by atoms with Crippen LogP contribution in [0.3, 0.4) is 0 Å². The number of ether oxygens (including phenoxy) is 1. The summed E-state index contributed by atoms with van der Waals surface area (Å²) < 4.78 is 5.40. The van der Waals surface area contributed by atoms with Crippen molar-refractivity contribution in [1.82, 2.24) is 14.8 Å². The average Bonchev–Trinajstić information content (AvgIpc) is 2.91. The molecule has 0 spiro atoms. The molecule has 2 saturated heterocycles. The molecule has 6 heteroatoms. The zero-order valence-corrected chi connectivity index (χ0v) is 15.3. The summed E-state index contributed by atoms with van der Waals surface area (Å²) in [5.41, 5.74) is 2.91. The van der Waals surface area contributed by atoms with Crippen LogP contribution in [0.4, 0.5) is 0 Å². The highest BCUT2D eigenvalue weighted by Gasteiger charge is 2.32. The Labute approximate surface area is 153 Å². The minimum Gasteiger partial charge on any atom is -0.389 e. The molecule has 2 fully saturated rings. The van der Waals surface area contributed by atoms with E-state index in [4.69, 9.17) is 4.74 Å². The quantitative estimate of drug-likeness (QED) is 0.861. The number of hydrogen-bond acceptors (Lipinski definition) is 5. The average molecular weight is 357 g/mol. The third-order valence-electron chi connectivity index (χ3n) is 5.58. The Kier molecular flexibility index (Phi) is 5.09. The Hall–Kier alpha value is -1.73. The van der Waals surface area contributed by atoms with Gasteiger partial charge in [-0.25, -0.2) is 0 Å². The summed E-state index contributed by atoms with van der Waals surface area (Å²) >= 11 is 0. The van der Waals surface area contributed by atoms with Crippen molar-refractivity contribution in [1.29, 1.82) is 0 Å². The minimum atomic E-state index is -0.381. The molecule has 0 radical (unpaired) electrons. The SMILES string of the molecule is Cc1ccc2[nH]c(=O)c(CN3CCCN([C@@H]4COC[C@H]4O)CC3)cc2c1. The van der Waals surface area contributed by atoms with E-state index in [0.29, 0.717) is 19.8 Å². The molecule has 0 amide bonds. The van der Waals surface area contributed by atoms with Crippen LogP contribution in [-0.4, -0.2) is 71.4 Å². The van der Waals surface area contributed by atoms with Gasteiger partial charge in [0.1, 0.15) is 0 Å². The van der Waals surface area contributed by atoms with Gasteiger partial charge in [0, 0.05) is 30.7 Å². The number of benzene rings is 1. The van der Waals surface area contributed by atoms with E-state index in [1.54, 1.807) is 0 Å². The van der Waals surface area contributed by atoms with Crippen molar-refractivity contribution >= 4 is 10.9 Å². The zero-order valence-electron chi connectivity index (χ0n) is 15.3. The van der Waals surface area contributed by atoms with Gasteiger partial charge in [0.15, 0.2) is 0 Å². The van der Waals surface area contributed by atoms with E-state index in [9.17, 15) is 9.90 Å². The van der Waals surface area contributed by atoms with Crippen molar-refractivity contribution in [2.45, 2.75) is 32.0 Å². The van der Waals surface area contributed by atoms with Gasteiger partial charge in [0.25, 0.3) is 5.56 Å². The van der Waals surface area contributed by atoms with E-state index in [2.05, 4.69) is 27.8 Å². The summed E-state index contributed by atoms with van der Waals surface area (Å²) in [6.07, 6.45) is 0.654. The van der Waals surface area contributed by atoms with E-state index >= 15 is 0 Å². The number of aliphatic hydroxyl groups excluding tert-OH is 1. The second kappa shape index (κ2) is 7.48. The summed E-state index contributed by atoms with van der Waals surface area (Å²) in [4.78, 5) is 20.1. The number of aryl methyl sites for hydroxylation is 1. The van der Waals surface area contributed by atoms with E-state index in [-0.39, 0.29) is 17.7 Å². The smallest absolute Gasteiger partial charge is 0.252 e. The highest BCUT2D eigenvalue weighted by Crippen LogP contribution is 2.18. The van der Waals surface area contributed by atoms with Crippen LogP contribution in [0.15, 0.2) is 29.1 Å². The van der Waals surface area contributed by atoms with Crippen LogP contribution in [0.25, 0.3) is 10.9 Å². The molecule has 2 N–H and O–H groups in total. The lowest BCUT2D eigenvalue weighted by Gasteiger charge is -2.28. The summed E-state index contributed by atoms with van der Waals surface area (Å²) in [5.74, 6) is 0. The number of nitrogens with zero attached hydrogens (tertiary/aromatic N) is 2. The molecular formula is C20H27N3O3. The first-order valence-corrected chi connectivity index (χ1v) is 9.45. The van der Waals surface area contributed by atoms with E-state index in [1.807, 2.05) is 18.2 Å². The normalized spacial score (nSPS) is 25.6. The van der Waals surface area contributed by atoms with Crippen molar-refractivity contribution in [2.24, 2.45) is 0 Å². The van der Waals surface area contributed by atoms with Crippen LogP contribution in [0.5, 0.6) is 0 Å².